The Bertz CT molecular complexity index is 648. The molecule has 128 valence electrons. The van der Waals surface area contributed by atoms with Crippen molar-refractivity contribution < 1.29 is 14.7 Å². The minimum Gasteiger partial charge on any atom is -0.549 e. The normalized spacial score (nSPS) is 21.1. The number of hydrogen-bond donors (Lipinski definition) is 1. The van der Waals surface area contributed by atoms with Crippen LogP contribution in [0.15, 0.2) is 35.9 Å². The van der Waals surface area contributed by atoms with E-state index in [1.165, 1.54) is 6.42 Å². The number of benzene rings is 1. The maximum absolute atomic E-state index is 12.6. The summed E-state index contributed by atoms with van der Waals surface area (Å²) in [6.07, 6.45) is 7.27. The van der Waals surface area contributed by atoms with Crippen LogP contribution in [-0.4, -0.2) is 25.0 Å². The molecule has 1 atom stereocenters. The lowest BCUT2D eigenvalue weighted by Gasteiger charge is -2.31. The second kappa shape index (κ2) is 7.51. The van der Waals surface area contributed by atoms with Crippen molar-refractivity contribution in [2.45, 2.75) is 38.5 Å². The highest BCUT2D eigenvalue weighted by molar-refractivity contribution is 6.08. The van der Waals surface area contributed by atoms with Gasteiger partial charge in [0, 0.05) is 30.5 Å². The number of piperidine rings is 1. The van der Waals surface area contributed by atoms with E-state index < -0.39 is 11.9 Å². The molecule has 1 aliphatic heterocycles. The van der Waals surface area contributed by atoms with E-state index in [9.17, 15) is 14.7 Å². The van der Waals surface area contributed by atoms with Gasteiger partial charge in [-0.05, 0) is 50.7 Å². The van der Waals surface area contributed by atoms with Gasteiger partial charge in [-0.1, -0.05) is 18.2 Å². The molecular formula is C19H23N2O3-. The predicted molar refractivity (Wildman–Crippen MR) is 91.6 cm³/mol. The van der Waals surface area contributed by atoms with E-state index >= 15 is 0 Å². The van der Waals surface area contributed by atoms with Gasteiger partial charge in [0.1, 0.15) is 0 Å². The Kier molecular flexibility index (Phi) is 5.18. The maximum atomic E-state index is 12.6. The number of amides is 1. The smallest absolute Gasteiger partial charge is 0.251 e. The van der Waals surface area contributed by atoms with Gasteiger partial charge in [-0.3, -0.25) is 4.79 Å². The SMILES string of the molecule is O=C(Nc1ccccc1N1CCCCC1)C1=CCCC[C@H]1C(=O)[O-]. The molecular weight excluding hydrogens is 304 g/mol. The van der Waals surface area contributed by atoms with Crippen LogP contribution in [0, 0.1) is 5.92 Å². The van der Waals surface area contributed by atoms with E-state index in [1.54, 1.807) is 6.08 Å². The van der Waals surface area contributed by atoms with Crippen molar-refractivity contribution in [3.63, 3.8) is 0 Å². The summed E-state index contributed by atoms with van der Waals surface area (Å²) >= 11 is 0. The molecule has 5 nitrogen and oxygen atoms in total. The molecule has 24 heavy (non-hydrogen) atoms. The molecule has 1 aromatic rings. The van der Waals surface area contributed by atoms with Crippen molar-refractivity contribution in [1.82, 2.24) is 0 Å². The van der Waals surface area contributed by atoms with Crippen LogP contribution in [0.5, 0.6) is 0 Å². The third-order valence-corrected chi connectivity index (χ3v) is 4.83. The number of nitrogens with zero attached hydrogens (tertiary/aromatic N) is 1. The number of nitrogens with one attached hydrogen (secondary N) is 1. The summed E-state index contributed by atoms with van der Waals surface area (Å²) in [7, 11) is 0. The Hall–Kier alpha value is -2.30. The van der Waals surface area contributed by atoms with Gasteiger partial charge in [0.05, 0.1) is 11.4 Å². The highest BCUT2D eigenvalue weighted by atomic mass is 16.4. The van der Waals surface area contributed by atoms with Crippen LogP contribution in [-0.2, 0) is 9.59 Å². The first kappa shape index (κ1) is 16.6. The lowest BCUT2D eigenvalue weighted by molar-refractivity contribution is -0.310. The third kappa shape index (κ3) is 3.61. The molecule has 1 aliphatic carbocycles. The summed E-state index contributed by atoms with van der Waals surface area (Å²) < 4.78 is 0. The second-order valence-electron chi connectivity index (χ2n) is 6.48. The van der Waals surface area contributed by atoms with Gasteiger partial charge in [0.2, 0.25) is 0 Å². The lowest BCUT2D eigenvalue weighted by atomic mass is 9.87. The average molecular weight is 327 g/mol. The number of hydrogen-bond acceptors (Lipinski definition) is 4. The van der Waals surface area contributed by atoms with Crippen LogP contribution in [0.25, 0.3) is 0 Å². The van der Waals surface area contributed by atoms with E-state index in [0.717, 1.165) is 50.1 Å². The van der Waals surface area contributed by atoms with E-state index in [4.69, 9.17) is 0 Å². The molecule has 3 rings (SSSR count). The fourth-order valence-electron chi connectivity index (χ4n) is 3.56. The molecule has 0 unspecified atom stereocenters. The second-order valence-corrected chi connectivity index (χ2v) is 6.48. The van der Waals surface area contributed by atoms with Gasteiger partial charge in [-0.25, -0.2) is 0 Å². The summed E-state index contributed by atoms with van der Waals surface area (Å²) in [6.45, 7) is 1.97. The van der Waals surface area contributed by atoms with Crippen molar-refractivity contribution in [2.24, 2.45) is 5.92 Å². The van der Waals surface area contributed by atoms with Crippen molar-refractivity contribution in [3.05, 3.63) is 35.9 Å². The molecule has 0 saturated carbocycles. The zero-order valence-electron chi connectivity index (χ0n) is 13.8. The van der Waals surface area contributed by atoms with Crippen LogP contribution in [0.3, 0.4) is 0 Å². The van der Waals surface area contributed by atoms with Crippen LogP contribution < -0.4 is 15.3 Å². The van der Waals surface area contributed by atoms with E-state index in [1.807, 2.05) is 24.3 Å². The van der Waals surface area contributed by atoms with Gasteiger partial charge >= 0.3 is 0 Å². The Balaban J connectivity index is 1.79. The quantitative estimate of drug-likeness (QED) is 0.919. The summed E-state index contributed by atoms with van der Waals surface area (Å²) in [6, 6.07) is 7.73. The molecule has 1 fully saturated rings. The molecule has 1 amide bonds. The molecule has 1 saturated heterocycles. The minimum atomic E-state index is -1.17. The fraction of sp³-hybridized carbons (Fsp3) is 0.474. The maximum Gasteiger partial charge on any atom is 0.251 e. The standard InChI is InChI=1S/C19H24N2O3/c22-18(14-8-2-3-9-15(14)19(23)24)20-16-10-4-5-11-17(16)21-12-6-1-7-13-21/h4-5,8,10-11,15H,1-3,6-7,9,12-13H2,(H,20,22)(H,23,24)/p-1/t15-/m1/s1. The predicted octanol–water partition coefficient (Wildman–Crippen LogP) is 2.09. The first-order valence-corrected chi connectivity index (χ1v) is 8.73. The zero-order chi connectivity index (χ0) is 16.9. The van der Waals surface area contributed by atoms with Crippen molar-refractivity contribution in [2.75, 3.05) is 23.3 Å². The Morgan fingerprint density at radius 3 is 2.58 bits per heavy atom. The Morgan fingerprint density at radius 1 is 1.08 bits per heavy atom. The third-order valence-electron chi connectivity index (χ3n) is 4.83. The molecule has 5 heteroatoms. The van der Waals surface area contributed by atoms with Crippen LogP contribution in [0.4, 0.5) is 11.4 Å². The highest BCUT2D eigenvalue weighted by Crippen LogP contribution is 2.30. The lowest BCUT2D eigenvalue weighted by Crippen LogP contribution is -2.37. The van der Waals surface area contributed by atoms with Gasteiger partial charge in [-0.15, -0.1) is 0 Å². The number of carboxylic acid groups (broad SMARTS) is 1. The number of aliphatic carboxylic acids is 1. The minimum absolute atomic E-state index is 0.326. The monoisotopic (exact) mass is 327 g/mol. The number of para-hydroxylation sites is 2. The van der Waals surface area contributed by atoms with Gasteiger partial charge in [-0.2, -0.15) is 0 Å². The summed E-state index contributed by atoms with van der Waals surface area (Å²) in [5, 5.41) is 14.2. The molecule has 1 heterocycles. The topological polar surface area (TPSA) is 72.5 Å². The molecule has 2 aliphatic rings. The fourth-order valence-corrected chi connectivity index (χ4v) is 3.56. The molecule has 1 aromatic carbocycles. The van der Waals surface area contributed by atoms with Crippen molar-refractivity contribution in [3.8, 4) is 0 Å². The van der Waals surface area contributed by atoms with Crippen molar-refractivity contribution >= 4 is 23.3 Å². The van der Waals surface area contributed by atoms with Crippen molar-refractivity contribution in [1.29, 1.82) is 0 Å². The van der Waals surface area contributed by atoms with Crippen LogP contribution in [0.2, 0.25) is 0 Å². The van der Waals surface area contributed by atoms with E-state index in [0.29, 0.717) is 12.0 Å². The number of carboxylic acids is 1. The van der Waals surface area contributed by atoms with Gasteiger partial charge in [0.15, 0.2) is 0 Å². The molecule has 0 radical (unpaired) electrons. The Labute approximate surface area is 142 Å². The summed E-state index contributed by atoms with van der Waals surface area (Å²) in [5.41, 5.74) is 2.08. The largest absolute Gasteiger partial charge is 0.549 e. The average Bonchev–Trinajstić information content (AvgIpc) is 2.63. The molecule has 0 aromatic heterocycles. The number of carbonyl (C=O) groups is 2. The van der Waals surface area contributed by atoms with Crippen LogP contribution >= 0.6 is 0 Å². The zero-order valence-corrected chi connectivity index (χ0v) is 13.8. The Morgan fingerprint density at radius 2 is 1.83 bits per heavy atom. The first-order valence-electron chi connectivity index (χ1n) is 8.73. The van der Waals surface area contributed by atoms with Gasteiger partial charge < -0.3 is 20.1 Å². The molecule has 0 spiro atoms. The first-order chi connectivity index (χ1) is 11.7. The highest BCUT2D eigenvalue weighted by Gasteiger charge is 2.25. The van der Waals surface area contributed by atoms with E-state index in [-0.39, 0.29) is 5.91 Å². The number of anilines is 2. The number of rotatable bonds is 4. The van der Waals surface area contributed by atoms with Crippen LogP contribution in [0.1, 0.15) is 38.5 Å². The van der Waals surface area contributed by atoms with Gasteiger partial charge in [0.25, 0.3) is 5.91 Å². The summed E-state index contributed by atoms with van der Waals surface area (Å²) in [5.74, 6) is -2.30. The van der Waals surface area contributed by atoms with E-state index in [2.05, 4.69) is 10.2 Å². The summed E-state index contributed by atoms with van der Waals surface area (Å²) in [4.78, 5) is 26.2. The number of carbonyl (C=O) groups excluding carboxylic acids is 2. The number of allylic oxidation sites excluding steroid dienone is 1. The molecule has 1 N–H and O–H groups in total. The molecule has 0 bridgehead atoms.